The summed E-state index contributed by atoms with van der Waals surface area (Å²) >= 11 is 0. The average molecular weight is 258 g/mol. The van der Waals surface area contributed by atoms with Gasteiger partial charge >= 0.3 is 0 Å². The SMILES string of the molecule is C[C@@H](N)C(=O)NC(c1ccccc1)c1nccn1C. The first-order chi connectivity index (χ1) is 9.09. The Balaban J connectivity index is 2.35. The largest absolute Gasteiger partial charge is 0.341 e. The van der Waals surface area contributed by atoms with E-state index >= 15 is 0 Å². The molecule has 5 heteroatoms. The molecule has 3 N–H and O–H groups in total. The molecule has 1 amide bonds. The number of rotatable bonds is 4. The quantitative estimate of drug-likeness (QED) is 0.858. The lowest BCUT2D eigenvalue weighted by molar-refractivity contribution is -0.122. The molecule has 0 aliphatic rings. The lowest BCUT2D eigenvalue weighted by Gasteiger charge is -2.20. The zero-order chi connectivity index (χ0) is 13.8. The maximum atomic E-state index is 11.9. The third-order valence-electron chi connectivity index (χ3n) is 2.95. The Hall–Kier alpha value is -2.14. The summed E-state index contributed by atoms with van der Waals surface area (Å²) in [5, 5.41) is 2.93. The molecule has 1 heterocycles. The molecule has 0 bridgehead atoms. The number of hydrogen-bond acceptors (Lipinski definition) is 3. The van der Waals surface area contributed by atoms with Crippen LogP contribution in [0.25, 0.3) is 0 Å². The molecule has 0 spiro atoms. The Bertz CT molecular complexity index is 548. The van der Waals surface area contributed by atoms with Gasteiger partial charge in [0.15, 0.2) is 0 Å². The molecule has 0 saturated heterocycles. The van der Waals surface area contributed by atoms with Crippen molar-refractivity contribution in [2.45, 2.75) is 19.0 Å². The standard InChI is InChI=1S/C14H18N4O/c1-10(15)14(19)17-12(11-6-4-3-5-7-11)13-16-8-9-18(13)2/h3-10,12H,15H2,1-2H3,(H,17,19)/t10-,12?/m1/s1. The Morgan fingerprint density at radius 2 is 2.05 bits per heavy atom. The van der Waals surface area contributed by atoms with E-state index in [0.29, 0.717) is 0 Å². The van der Waals surface area contributed by atoms with Crippen LogP contribution in [0.3, 0.4) is 0 Å². The summed E-state index contributed by atoms with van der Waals surface area (Å²) in [5.74, 6) is 0.581. The van der Waals surface area contributed by atoms with Gasteiger partial charge in [-0.3, -0.25) is 4.79 Å². The number of carbonyl (C=O) groups excluding carboxylic acids is 1. The second-order valence-electron chi connectivity index (χ2n) is 4.54. The van der Waals surface area contributed by atoms with Crippen molar-refractivity contribution < 1.29 is 4.79 Å². The fraction of sp³-hybridized carbons (Fsp3) is 0.286. The molecule has 5 nitrogen and oxygen atoms in total. The van der Waals surface area contributed by atoms with Crippen molar-refractivity contribution >= 4 is 5.91 Å². The molecular formula is C14H18N4O. The summed E-state index contributed by atoms with van der Waals surface area (Å²) in [6.07, 6.45) is 3.56. The van der Waals surface area contributed by atoms with Gasteiger partial charge in [-0.05, 0) is 12.5 Å². The fourth-order valence-electron chi connectivity index (χ4n) is 1.87. The van der Waals surface area contributed by atoms with Crippen LogP contribution in [-0.4, -0.2) is 21.5 Å². The highest BCUT2D eigenvalue weighted by atomic mass is 16.2. The second-order valence-corrected chi connectivity index (χ2v) is 4.54. The van der Waals surface area contributed by atoms with Crippen LogP contribution in [0.15, 0.2) is 42.7 Å². The predicted molar refractivity (Wildman–Crippen MR) is 73.3 cm³/mol. The molecule has 1 aromatic heterocycles. The molecule has 19 heavy (non-hydrogen) atoms. The fourth-order valence-corrected chi connectivity index (χ4v) is 1.87. The minimum Gasteiger partial charge on any atom is -0.341 e. The van der Waals surface area contributed by atoms with Crippen molar-refractivity contribution in [3.05, 3.63) is 54.1 Å². The highest BCUT2D eigenvalue weighted by molar-refractivity contribution is 5.81. The first-order valence-electron chi connectivity index (χ1n) is 6.17. The normalized spacial score (nSPS) is 13.8. The molecule has 0 fully saturated rings. The van der Waals surface area contributed by atoms with Crippen molar-refractivity contribution in [3.63, 3.8) is 0 Å². The monoisotopic (exact) mass is 258 g/mol. The summed E-state index contributed by atoms with van der Waals surface area (Å²) in [4.78, 5) is 16.2. The van der Waals surface area contributed by atoms with Gasteiger partial charge in [-0.2, -0.15) is 0 Å². The van der Waals surface area contributed by atoms with Crippen LogP contribution in [0.2, 0.25) is 0 Å². The molecule has 0 radical (unpaired) electrons. The van der Waals surface area contributed by atoms with Crippen LogP contribution in [0.4, 0.5) is 0 Å². The van der Waals surface area contributed by atoms with Gasteiger partial charge in [0, 0.05) is 19.4 Å². The van der Waals surface area contributed by atoms with Gasteiger partial charge in [-0.25, -0.2) is 4.98 Å². The Kier molecular flexibility index (Phi) is 3.97. The molecule has 1 unspecified atom stereocenters. The second kappa shape index (κ2) is 5.67. The zero-order valence-corrected chi connectivity index (χ0v) is 11.1. The number of carbonyl (C=O) groups is 1. The molecule has 0 saturated carbocycles. The predicted octanol–water partition coefficient (Wildman–Crippen LogP) is 0.973. The molecule has 2 atom stereocenters. The average Bonchev–Trinajstić information content (AvgIpc) is 2.82. The summed E-state index contributed by atoms with van der Waals surface area (Å²) in [6.45, 7) is 1.66. The van der Waals surface area contributed by atoms with E-state index in [0.717, 1.165) is 11.4 Å². The lowest BCUT2D eigenvalue weighted by atomic mass is 10.1. The molecule has 0 aliphatic heterocycles. The highest BCUT2D eigenvalue weighted by Gasteiger charge is 2.21. The Morgan fingerprint density at radius 1 is 1.37 bits per heavy atom. The van der Waals surface area contributed by atoms with Gasteiger partial charge in [-0.1, -0.05) is 30.3 Å². The van der Waals surface area contributed by atoms with E-state index in [2.05, 4.69) is 10.3 Å². The molecule has 100 valence electrons. The van der Waals surface area contributed by atoms with E-state index < -0.39 is 6.04 Å². The molecule has 2 aromatic rings. The Morgan fingerprint density at radius 3 is 2.58 bits per heavy atom. The van der Waals surface area contributed by atoms with E-state index in [1.54, 1.807) is 13.1 Å². The third-order valence-corrected chi connectivity index (χ3v) is 2.95. The topological polar surface area (TPSA) is 72.9 Å². The maximum absolute atomic E-state index is 11.9. The lowest BCUT2D eigenvalue weighted by Crippen LogP contribution is -2.41. The molecule has 0 aliphatic carbocycles. The van der Waals surface area contributed by atoms with Crippen LogP contribution in [0, 0.1) is 0 Å². The first kappa shape index (κ1) is 13.3. The van der Waals surface area contributed by atoms with Gasteiger partial charge in [0.25, 0.3) is 0 Å². The van der Waals surface area contributed by atoms with Crippen LogP contribution >= 0.6 is 0 Å². The molecular weight excluding hydrogens is 240 g/mol. The number of nitrogens with two attached hydrogens (primary N) is 1. The van der Waals surface area contributed by atoms with Crippen LogP contribution in [-0.2, 0) is 11.8 Å². The third kappa shape index (κ3) is 3.00. The van der Waals surface area contributed by atoms with Crippen molar-refractivity contribution in [2.24, 2.45) is 12.8 Å². The van der Waals surface area contributed by atoms with Gasteiger partial charge in [0.1, 0.15) is 11.9 Å². The summed E-state index contributed by atoms with van der Waals surface area (Å²) in [7, 11) is 1.90. The minimum absolute atomic E-state index is 0.197. The van der Waals surface area contributed by atoms with Crippen LogP contribution in [0.5, 0.6) is 0 Å². The van der Waals surface area contributed by atoms with E-state index in [-0.39, 0.29) is 11.9 Å². The van der Waals surface area contributed by atoms with Crippen LogP contribution < -0.4 is 11.1 Å². The number of aromatic nitrogens is 2. The summed E-state index contributed by atoms with van der Waals surface area (Å²) in [6, 6.07) is 8.88. The van der Waals surface area contributed by atoms with E-state index in [9.17, 15) is 4.79 Å². The van der Waals surface area contributed by atoms with Gasteiger partial charge in [-0.15, -0.1) is 0 Å². The molecule has 1 aromatic carbocycles. The van der Waals surface area contributed by atoms with E-state index in [4.69, 9.17) is 5.73 Å². The van der Waals surface area contributed by atoms with Gasteiger partial charge in [0.05, 0.1) is 6.04 Å². The Labute approximate surface area is 112 Å². The van der Waals surface area contributed by atoms with E-state index in [1.165, 1.54) is 0 Å². The van der Waals surface area contributed by atoms with Gasteiger partial charge in [0.2, 0.25) is 5.91 Å². The number of amides is 1. The summed E-state index contributed by atoms with van der Waals surface area (Å²) in [5.41, 5.74) is 6.59. The number of nitrogens with one attached hydrogen (secondary N) is 1. The zero-order valence-electron chi connectivity index (χ0n) is 11.1. The number of imidazole rings is 1. The van der Waals surface area contributed by atoms with E-state index in [1.807, 2.05) is 48.1 Å². The first-order valence-corrected chi connectivity index (χ1v) is 6.17. The maximum Gasteiger partial charge on any atom is 0.237 e. The van der Waals surface area contributed by atoms with Gasteiger partial charge < -0.3 is 15.6 Å². The minimum atomic E-state index is -0.550. The van der Waals surface area contributed by atoms with Crippen LogP contribution in [0.1, 0.15) is 24.4 Å². The van der Waals surface area contributed by atoms with Crippen molar-refractivity contribution in [3.8, 4) is 0 Å². The summed E-state index contributed by atoms with van der Waals surface area (Å²) < 4.78 is 1.89. The smallest absolute Gasteiger partial charge is 0.237 e. The highest BCUT2D eigenvalue weighted by Crippen LogP contribution is 2.20. The molecule has 2 rings (SSSR count). The number of hydrogen-bond donors (Lipinski definition) is 2. The number of nitrogens with zero attached hydrogens (tertiary/aromatic N) is 2. The van der Waals surface area contributed by atoms with Crippen molar-refractivity contribution in [1.29, 1.82) is 0 Å². The van der Waals surface area contributed by atoms with Crippen molar-refractivity contribution in [1.82, 2.24) is 14.9 Å². The number of benzene rings is 1. The number of aryl methyl sites for hydroxylation is 1. The van der Waals surface area contributed by atoms with Crippen molar-refractivity contribution in [2.75, 3.05) is 0 Å².